The average molecular weight is 712 g/mol. The van der Waals surface area contributed by atoms with E-state index in [1.54, 1.807) is 27.7 Å². The number of fused-ring (bicyclic) bond motifs is 2. The second-order valence-electron chi connectivity index (χ2n) is 13.9. The van der Waals surface area contributed by atoms with Gasteiger partial charge in [0.05, 0.1) is 35.5 Å². The van der Waals surface area contributed by atoms with Crippen molar-refractivity contribution in [3.05, 3.63) is 47.3 Å². The predicted octanol–water partition coefficient (Wildman–Crippen LogP) is 4.27. The lowest BCUT2D eigenvalue weighted by Gasteiger charge is -2.37. The third kappa shape index (κ3) is 6.14. The summed E-state index contributed by atoms with van der Waals surface area (Å²) in [5, 5.41) is 58.6. The van der Waals surface area contributed by atoms with E-state index in [9.17, 15) is 39.9 Å². The van der Waals surface area contributed by atoms with Gasteiger partial charge in [0.15, 0.2) is 17.2 Å². The topological polar surface area (TPSA) is 211 Å². The Morgan fingerprint density at radius 2 is 1.59 bits per heavy atom. The van der Waals surface area contributed by atoms with E-state index in [1.165, 1.54) is 65.4 Å². The molecule has 3 aliphatic heterocycles. The van der Waals surface area contributed by atoms with Gasteiger partial charge in [-0.05, 0) is 38.5 Å². The van der Waals surface area contributed by atoms with E-state index in [-0.39, 0.29) is 39.1 Å². The molecule has 0 aromatic heterocycles. The molecule has 51 heavy (non-hydrogen) atoms. The molecule has 1 amide bonds. The molecule has 5 rings (SSSR count). The molecule has 14 nitrogen and oxygen atoms in total. The van der Waals surface area contributed by atoms with Crippen LogP contribution in [-0.2, 0) is 23.8 Å². The van der Waals surface area contributed by atoms with Crippen LogP contribution in [0, 0.1) is 24.7 Å². The van der Waals surface area contributed by atoms with Gasteiger partial charge < -0.3 is 54.5 Å². The first-order valence-electron chi connectivity index (χ1n) is 16.6. The number of methoxy groups -OCH3 is 1. The fourth-order valence-electron chi connectivity index (χ4n) is 7.02. The van der Waals surface area contributed by atoms with Crippen molar-refractivity contribution in [2.45, 2.75) is 91.2 Å². The maximum Gasteiger partial charge on any atom is 0.312 e. The van der Waals surface area contributed by atoms with E-state index in [1.807, 2.05) is 0 Å². The highest BCUT2D eigenvalue weighted by Crippen LogP contribution is 2.59. The summed E-state index contributed by atoms with van der Waals surface area (Å²) in [4.78, 5) is 39.7. The number of aromatic hydroxyl groups is 3. The number of anilines is 1. The van der Waals surface area contributed by atoms with Crippen LogP contribution in [0.25, 0.3) is 10.8 Å². The van der Waals surface area contributed by atoms with Crippen molar-refractivity contribution < 1.29 is 63.6 Å². The average Bonchev–Trinajstić information content (AvgIpc) is 3.34. The molecule has 2 aromatic rings. The van der Waals surface area contributed by atoms with Crippen LogP contribution in [0.4, 0.5) is 5.69 Å². The van der Waals surface area contributed by atoms with Gasteiger partial charge in [0.25, 0.3) is 11.7 Å². The van der Waals surface area contributed by atoms with Crippen LogP contribution in [0.15, 0.2) is 36.1 Å². The summed E-state index contributed by atoms with van der Waals surface area (Å²) in [5.74, 6) is -8.54. The summed E-state index contributed by atoms with van der Waals surface area (Å²) in [6.45, 7) is 12.2. The number of esters is 1. The first-order valence-corrected chi connectivity index (χ1v) is 16.6. The second kappa shape index (κ2) is 13.4. The number of amides is 1. The van der Waals surface area contributed by atoms with Gasteiger partial charge >= 0.3 is 11.8 Å². The highest BCUT2D eigenvalue weighted by molar-refractivity contribution is 6.23. The molecule has 276 valence electrons. The minimum atomic E-state index is -2.03. The number of phenolic OH excluding ortho intramolecular Hbond substituents is 3. The van der Waals surface area contributed by atoms with E-state index >= 15 is 0 Å². The van der Waals surface area contributed by atoms with Crippen molar-refractivity contribution >= 4 is 34.1 Å². The maximum atomic E-state index is 14.1. The number of rotatable bonds is 2. The summed E-state index contributed by atoms with van der Waals surface area (Å²) in [6, 6.07) is 0. The molecule has 0 aliphatic carbocycles. The van der Waals surface area contributed by atoms with Gasteiger partial charge in [-0.2, -0.15) is 0 Å². The number of benzene rings is 2. The molecule has 0 fully saturated rings. The Labute approximate surface area is 294 Å². The van der Waals surface area contributed by atoms with Gasteiger partial charge in [0, 0.05) is 49.7 Å². The highest BCUT2D eigenvalue weighted by Gasteiger charge is 2.51. The second-order valence-corrected chi connectivity index (χ2v) is 13.9. The standard InChI is InChI=1S/C37H45NO13/c1-15-11-10-13-36(7)35(46)38-25-30(44)29(43)22-23(33(25)50-36)28(42)19(5)32-24(22)34(45)37(8,51-32)48-14-12-21(47-9)16(2)31(49-20(6)39)18(4)27(41)17(3)26(15)40/h10-14,16-18,21,26-27,31,40-44H,1-9H3,(H,38,46)/b13-10-,14-12+,15-11+/t16-,17-,18-,21+,26-,27-,31-,36+,37+/m1/s1. The van der Waals surface area contributed by atoms with Crippen LogP contribution >= 0.6 is 0 Å². The fraction of sp³-hybridized carbons (Fsp3) is 0.486. The van der Waals surface area contributed by atoms with E-state index in [2.05, 4.69) is 5.32 Å². The molecule has 6 bridgehead atoms. The van der Waals surface area contributed by atoms with Gasteiger partial charge in [-0.3, -0.25) is 14.4 Å². The molecule has 0 unspecified atom stereocenters. The minimum Gasteiger partial charge on any atom is -0.507 e. The number of hydrogen-bond acceptors (Lipinski definition) is 13. The Bertz CT molecular complexity index is 1880. The number of phenols is 3. The Morgan fingerprint density at radius 1 is 0.922 bits per heavy atom. The van der Waals surface area contributed by atoms with Crippen molar-refractivity contribution in [3.63, 3.8) is 0 Å². The van der Waals surface area contributed by atoms with Gasteiger partial charge in [-0.25, -0.2) is 0 Å². The largest absolute Gasteiger partial charge is 0.507 e. The Morgan fingerprint density at radius 3 is 2.22 bits per heavy atom. The van der Waals surface area contributed by atoms with Crippen LogP contribution in [-0.4, -0.2) is 86.1 Å². The number of nitrogens with one attached hydrogen (secondary N) is 1. The first kappa shape index (κ1) is 37.5. The molecule has 14 heteroatoms. The lowest BCUT2D eigenvalue weighted by molar-refractivity contribution is -0.160. The Balaban J connectivity index is 1.73. The number of aliphatic hydroxyl groups is 2. The van der Waals surface area contributed by atoms with Crippen molar-refractivity contribution in [1.29, 1.82) is 0 Å². The number of aliphatic hydroxyl groups excluding tert-OH is 2. The lowest BCUT2D eigenvalue weighted by Crippen LogP contribution is -2.47. The molecule has 0 saturated carbocycles. The third-order valence-corrected chi connectivity index (χ3v) is 10.3. The zero-order valence-electron chi connectivity index (χ0n) is 29.9. The SMILES string of the molecule is CO[C@H]1/C=C/O[C@@]2(C)Oc3c(C)c(O)c4c5c(c(O)c(O)c4c3C2=O)NC(=O)[C@](C)(/C=C\C=C(/C)[C@@H](O)[C@@H](C)[C@@H](O)[C@@H](C)[C@H](OC(C)=O)[C@@H]1C)O5. The number of carbonyl (C=O) groups excluding carboxylic acids is 3. The predicted molar refractivity (Wildman–Crippen MR) is 184 cm³/mol. The number of allylic oxidation sites excluding steroid dienone is 2. The van der Waals surface area contributed by atoms with Crippen LogP contribution in [0.1, 0.15) is 64.4 Å². The Hall–Kier alpha value is -4.79. The molecule has 9 atom stereocenters. The van der Waals surface area contributed by atoms with E-state index in [0.29, 0.717) is 5.57 Å². The van der Waals surface area contributed by atoms with Crippen LogP contribution in [0.3, 0.4) is 0 Å². The van der Waals surface area contributed by atoms with Gasteiger partial charge in [0.1, 0.15) is 23.3 Å². The van der Waals surface area contributed by atoms with Gasteiger partial charge in [-0.15, -0.1) is 0 Å². The number of ketones is 1. The third-order valence-electron chi connectivity index (χ3n) is 10.3. The van der Waals surface area contributed by atoms with Crippen molar-refractivity contribution in [3.8, 4) is 28.7 Å². The molecule has 3 aliphatic rings. The van der Waals surface area contributed by atoms with Gasteiger partial charge in [-0.1, -0.05) is 32.9 Å². The quantitative estimate of drug-likeness (QED) is 0.190. The van der Waals surface area contributed by atoms with Crippen LogP contribution < -0.4 is 14.8 Å². The molecular formula is C37H45NO13. The van der Waals surface area contributed by atoms with E-state index < -0.39 is 88.5 Å². The number of Topliss-reactive ketones (excluding diaryl/α,β-unsaturated/α-hetero) is 1. The zero-order valence-corrected chi connectivity index (χ0v) is 29.9. The number of carbonyl (C=O) groups is 3. The van der Waals surface area contributed by atoms with Crippen molar-refractivity contribution in [1.82, 2.24) is 0 Å². The van der Waals surface area contributed by atoms with Crippen molar-refractivity contribution in [2.24, 2.45) is 17.8 Å². The molecular weight excluding hydrogens is 666 g/mol. The first-order chi connectivity index (χ1) is 23.8. The normalized spacial score (nSPS) is 34.7. The summed E-state index contributed by atoms with van der Waals surface area (Å²) >= 11 is 0. The van der Waals surface area contributed by atoms with Gasteiger partial charge in [0.2, 0.25) is 5.60 Å². The summed E-state index contributed by atoms with van der Waals surface area (Å²) in [6.07, 6.45) is 3.06. The number of hydrogen-bond donors (Lipinski definition) is 6. The molecule has 2 aromatic carbocycles. The lowest BCUT2D eigenvalue weighted by atomic mass is 9.79. The molecule has 6 N–H and O–H groups in total. The van der Waals surface area contributed by atoms with E-state index in [4.69, 9.17) is 23.7 Å². The van der Waals surface area contributed by atoms with Crippen LogP contribution in [0.2, 0.25) is 0 Å². The number of ether oxygens (including phenoxy) is 5. The molecule has 0 radical (unpaired) electrons. The fourth-order valence-corrected chi connectivity index (χ4v) is 7.02. The highest BCUT2D eigenvalue weighted by atomic mass is 16.7. The monoisotopic (exact) mass is 711 g/mol. The molecule has 3 heterocycles. The van der Waals surface area contributed by atoms with E-state index in [0.717, 1.165) is 0 Å². The summed E-state index contributed by atoms with van der Waals surface area (Å²) < 4.78 is 29.4. The summed E-state index contributed by atoms with van der Waals surface area (Å²) in [5.41, 5.74) is -1.76. The van der Waals surface area contributed by atoms with Crippen molar-refractivity contribution in [2.75, 3.05) is 12.4 Å². The Kier molecular flexibility index (Phi) is 9.84. The van der Waals surface area contributed by atoms with Crippen LogP contribution in [0.5, 0.6) is 28.7 Å². The maximum absolute atomic E-state index is 14.1. The zero-order chi connectivity index (χ0) is 37.9. The smallest absolute Gasteiger partial charge is 0.312 e. The molecule has 0 saturated heterocycles. The minimum absolute atomic E-state index is 0.0902. The molecule has 0 spiro atoms. The summed E-state index contributed by atoms with van der Waals surface area (Å²) in [7, 11) is 1.42.